The second kappa shape index (κ2) is 7.76. The molecule has 0 radical (unpaired) electrons. The van der Waals surface area contributed by atoms with Gasteiger partial charge in [0.2, 0.25) is 0 Å². The van der Waals surface area contributed by atoms with Gasteiger partial charge >= 0.3 is 0 Å². The lowest BCUT2D eigenvalue weighted by Gasteiger charge is -2.24. The summed E-state index contributed by atoms with van der Waals surface area (Å²) < 4.78 is 5.00. The lowest BCUT2D eigenvalue weighted by molar-refractivity contribution is 0.191. The van der Waals surface area contributed by atoms with E-state index in [9.17, 15) is 0 Å². The lowest BCUT2D eigenvalue weighted by atomic mass is 10.3. The number of rotatable bonds is 8. The smallest absolute Gasteiger partial charge is 0.0897 e. The first kappa shape index (κ1) is 14.6. The van der Waals surface area contributed by atoms with Gasteiger partial charge in [-0.3, -0.25) is 4.90 Å². The maximum absolute atomic E-state index is 5.00. The van der Waals surface area contributed by atoms with Crippen LogP contribution in [0.15, 0.2) is 5.38 Å². The molecule has 0 saturated heterocycles. The summed E-state index contributed by atoms with van der Waals surface area (Å²) in [5, 5.41) is 6.65. The molecule has 4 nitrogen and oxygen atoms in total. The number of aryl methyl sites for hydroxylation is 1. The van der Waals surface area contributed by atoms with Crippen LogP contribution in [0.1, 0.15) is 17.6 Å². The van der Waals surface area contributed by atoms with Gasteiger partial charge in [0.05, 0.1) is 17.3 Å². The minimum atomic E-state index is 0.494. The van der Waals surface area contributed by atoms with Crippen molar-refractivity contribution in [3.05, 3.63) is 16.1 Å². The molecule has 1 heterocycles. The molecule has 0 amide bonds. The van der Waals surface area contributed by atoms with Crippen molar-refractivity contribution in [3.63, 3.8) is 0 Å². The number of nitrogens with one attached hydrogen (secondary N) is 1. The zero-order valence-electron chi connectivity index (χ0n) is 11.2. The quantitative estimate of drug-likeness (QED) is 0.716. The standard InChI is InChI=1S/C12H23N3OS/c1-10(7-13-5-6-16-4)15(3)8-12-9-17-11(2)14-12/h9-10,13H,5-8H2,1-4H3. The van der Waals surface area contributed by atoms with Crippen molar-refractivity contribution in [1.29, 1.82) is 0 Å². The van der Waals surface area contributed by atoms with E-state index in [1.54, 1.807) is 18.4 Å². The van der Waals surface area contributed by atoms with E-state index in [-0.39, 0.29) is 0 Å². The highest BCUT2D eigenvalue weighted by atomic mass is 32.1. The van der Waals surface area contributed by atoms with Crippen molar-refractivity contribution in [1.82, 2.24) is 15.2 Å². The fourth-order valence-corrected chi connectivity index (χ4v) is 2.14. The van der Waals surface area contributed by atoms with Crippen molar-refractivity contribution in [3.8, 4) is 0 Å². The van der Waals surface area contributed by atoms with E-state index in [0.717, 1.165) is 31.2 Å². The molecule has 0 aliphatic heterocycles. The Kier molecular flexibility index (Phi) is 6.65. The van der Waals surface area contributed by atoms with Gasteiger partial charge in [-0.2, -0.15) is 0 Å². The first-order chi connectivity index (χ1) is 8.13. The molecular weight excluding hydrogens is 234 g/mol. The van der Waals surface area contributed by atoms with Crippen LogP contribution in [0.5, 0.6) is 0 Å². The molecule has 17 heavy (non-hydrogen) atoms. The van der Waals surface area contributed by atoms with E-state index in [4.69, 9.17) is 4.74 Å². The van der Waals surface area contributed by atoms with Crippen LogP contribution in [0.25, 0.3) is 0 Å². The molecule has 1 atom stereocenters. The fraction of sp³-hybridized carbons (Fsp3) is 0.750. The van der Waals surface area contributed by atoms with Gasteiger partial charge in [0.25, 0.3) is 0 Å². The minimum Gasteiger partial charge on any atom is -0.383 e. The van der Waals surface area contributed by atoms with Gasteiger partial charge < -0.3 is 10.1 Å². The van der Waals surface area contributed by atoms with E-state index in [1.165, 1.54) is 5.69 Å². The molecule has 0 saturated carbocycles. The Hall–Kier alpha value is -0.490. The third kappa shape index (κ3) is 5.59. The molecule has 1 aromatic rings. The highest BCUT2D eigenvalue weighted by Gasteiger charge is 2.10. The molecular formula is C12H23N3OS. The molecule has 5 heteroatoms. The minimum absolute atomic E-state index is 0.494. The zero-order valence-corrected chi connectivity index (χ0v) is 12.0. The molecule has 98 valence electrons. The highest BCUT2D eigenvalue weighted by Crippen LogP contribution is 2.10. The number of methoxy groups -OCH3 is 1. The predicted molar refractivity (Wildman–Crippen MR) is 72.5 cm³/mol. The summed E-state index contributed by atoms with van der Waals surface area (Å²) in [6.45, 7) is 7.83. The summed E-state index contributed by atoms with van der Waals surface area (Å²) in [7, 11) is 3.86. The molecule has 0 spiro atoms. The first-order valence-corrected chi connectivity index (χ1v) is 6.82. The number of likely N-dealkylation sites (N-methyl/N-ethyl adjacent to an activating group) is 1. The maximum Gasteiger partial charge on any atom is 0.0897 e. The molecule has 1 aromatic heterocycles. The summed E-state index contributed by atoms with van der Waals surface area (Å²) in [5.74, 6) is 0. The lowest BCUT2D eigenvalue weighted by Crippen LogP contribution is -2.38. The number of aromatic nitrogens is 1. The van der Waals surface area contributed by atoms with E-state index < -0.39 is 0 Å². The second-order valence-corrected chi connectivity index (χ2v) is 5.38. The molecule has 1 N–H and O–H groups in total. The second-order valence-electron chi connectivity index (χ2n) is 4.32. The van der Waals surface area contributed by atoms with Gasteiger partial charge in [-0.05, 0) is 20.9 Å². The zero-order chi connectivity index (χ0) is 12.7. The topological polar surface area (TPSA) is 37.4 Å². The fourth-order valence-electron chi connectivity index (χ4n) is 1.53. The van der Waals surface area contributed by atoms with Crippen LogP contribution in [-0.4, -0.2) is 49.8 Å². The molecule has 0 aromatic carbocycles. The Labute approximate surface area is 108 Å². The van der Waals surface area contributed by atoms with Crippen molar-refractivity contribution in [2.45, 2.75) is 26.4 Å². The maximum atomic E-state index is 5.00. The van der Waals surface area contributed by atoms with Crippen LogP contribution in [0.2, 0.25) is 0 Å². The molecule has 1 rings (SSSR count). The normalized spacial score (nSPS) is 13.2. The van der Waals surface area contributed by atoms with Crippen LogP contribution >= 0.6 is 11.3 Å². The van der Waals surface area contributed by atoms with Crippen molar-refractivity contribution in [2.24, 2.45) is 0 Å². The van der Waals surface area contributed by atoms with Gasteiger partial charge in [0, 0.05) is 38.2 Å². The monoisotopic (exact) mass is 257 g/mol. The third-order valence-electron chi connectivity index (χ3n) is 2.75. The highest BCUT2D eigenvalue weighted by molar-refractivity contribution is 7.09. The van der Waals surface area contributed by atoms with Gasteiger partial charge in [-0.1, -0.05) is 0 Å². The number of hydrogen-bond acceptors (Lipinski definition) is 5. The number of ether oxygens (including phenoxy) is 1. The summed E-state index contributed by atoms with van der Waals surface area (Å²) >= 11 is 1.71. The summed E-state index contributed by atoms with van der Waals surface area (Å²) in [5.41, 5.74) is 1.17. The van der Waals surface area contributed by atoms with Gasteiger partial charge in [0.1, 0.15) is 0 Å². The van der Waals surface area contributed by atoms with Gasteiger partial charge in [0.15, 0.2) is 0 Å². The van der Waals surface area contributed by atoms with Crippen molar-refractivity contribution >= 4 is 11.3 Å². The molecule has 1 unspecified atom stereocenters. The average Bonchev–Trinajstić information content (AvgIpc) is 2.70. The summed E-state index contributed by atoms with van der Waals surface area (Å²) in [4.78, 5) is 6.79. The van der Waals surface area contributed by atoms with Crippen LogP contribution < -0.4 is 5.32 Å². The number of hydrogen-bond donors (Lipinski definition) is 1. The number of nitrogens with zero attached hydrogens (tertiary/aromatic N) is 2. The Morgan fingerprint density at radius 2 is 2.35 bits per heavy atom. The Bertz CT molecular complexity index is 316. The van der Waals surface area contributed by atoms with Crippen molar-refractivity contribution in [2.75, 3.05) is 33.9 Å². The summed E-state index contributed by atoms with van der Waals surface area (Å²) in [6.07, 6.45) is 0. The van der Waals surface area contributed by atoms with Crippen molar-refractivity contribution < 1.29 is 4.74 Å². The van der Waals surface area contributed by atoms with E-state index >= 15 is 0 Å². The molecule has 0 aliphatic rings. The Morgan fingerprint density at radius 1 is 1.59 bits per heavy atom. The van der Waals surface area contributed by atoms with Gasteiger partial charge in [-0.15, -0.1) is 11.3 Å². The third-order valence-corrected chi connectivity index (χ3v) is 3.58. The van der Waals surface area contributed by atoms with Crippen LogP contribution in [-0.2, 0) is 11.3 Å². The van der Waals surface area contributed by atoms with E-state index in [2.05, 4.69) is 34.6 Å². The summed E-state index contributed by atoms with van der Waals surface area (Å²) in [6, 6.07) is 0.494. The SMILES string of the molecule is COCCNCC(C)N(C)Cc1csc(C)n1. The Balaban J connectivity index is 2.24. The van der Waals surface area contributed by atoms with Gasteiger partial charge in [-0.25, -0.2) is 4.98 Å². The molecule has 0 aliphatic carbocycles. The van der Waals surface area contributed by atoms with Crippen LogP contribution in [0, 0.1) is 6.92 Å². The van der Waals surface area contributed by atoms with E-state index in [0.29, 0.717) is 6.04 Å². The average molecular weight is 257 g/mol. The molecule has 0 fully saturated rings. The largest absolute Gasteiger partial charge is 0.383 e. The first-order valence-electron chi connectivity index (χ1n) is 5.94. The molecule has 0 bridgehead atoms. The number of thiazole rings is 1. The van der Waals surface area contributed by atoms with Crippen LogP contribution in [0.3, 0.4) is 0 Å². The predicted octanol–water partition coefficient (Wildman–Crippen LogP) is 1.51. The van der Waals surface area contributed by atoms with E-state index in [1.807, 2.05) is 6.92 Å². The van der Waals surface area contributed by atoms with Crippen LogP contribution in [0.4, 0.5) is 0 Å². The Morgan fingerprint density at radius 3 is 2.94 bits per heavy atom.